The van der Waals surface area contributed by atoms with Crippen molar-refractivity contribution in [2.45, 2.75) is 33.3 Å². The second-order valence-corrected chi connectivity index (χ2v) is 3.79. The van der Waals surface area contributed by atoms with E-state index in [2.05, 4.69) is 0 Å². The zero-order valence-corrected chi connectivity index (χ0v) is 7.92. The first kappa shape index (κ1) is 9.52. The fourth-order valence-corrected chi connectivity index (χ4v) is 0.673. The van der Waals surface area contributed by atoms with Crippen LogP contribution in [0, 0.1) is 5.41 Å². The molecule has 1 saturated heterocycles. The van der Waals surface area contributed by atoms with Gasteiger partial charge in [0.05, 0.1) is 12.0 Å². The van der Waals surface area contributed by atoms with Crippen molar-refractivity contribution in [3.63, 3.8) is 0 Å². The minimum atomic E-state index is -0.352. The number of epoxide rings is 1. The Morgan fingerprint density at radius 3 is 2.67 bits per heavy atom. The zero-order valence-electron chi connectivity index (χ0n) is 7.92. The second kappa shape index (κ2) is 3.44. The van der Waals surface area contributed by atoms with Crippen LogP contribution in [-0.2, 0) is 14.3 Å². The molecule has 0 saturated carbocycles. The fraction of sp³-hybridized carbons (Fsp3) is 0.889. The first-order valence-corrected chi connectivity index (χ1v) is 4.35. The molecule has 0 aromatic rings. The van der Waals surface area contributed by atoms with Crippen molar-refractivity contribution < 1.29 is 14.3 Å². The molecule has 1 rings (SSSR count). The predicted molar refractivity (Wildman–Crippen MR) is 44.8 cm³/mol. The summed E-state index contributed by atoms with van der Waals surface area (Å²) in [6.07, 6.45) is 0.971. The normalized spacial score (nSPS) is 22.1. The highest BCUT2D eigenvalue weighted by Gasteiger charge is 2.30. The van der Waals surface area contributed by atoms with E-state index in [-0.39, 0.29) is 17.5 Å². The van der Waals surface area contributed by atoms with Crippen LogP contribution in [0.2, 0.25) is 0 Å². The molecule has 1 aliphatic rings. The molecular formula is C9H16O3. The monoisotopic (exact) mass is 172 g/mol. The quantitative estimate of drug-likeness (QED) is 0.475. The lowest BCUT2D eigenvalue weighted by Gasteiger charge is -2.19. The molecule has 0 aliphatic carbocycles. The molecule has 3 nitrogen and oxygen atoms in total. The third-order valence-corrected chi connectivity index (χ3v) is 2.24. The Morgan fingerprint density at radius 2 is 2.25 bits per heavy atom. The first-order chi connectivity index (χ1) is 5.56. The van der Waals surface area contributed by atoms with Gasteiger partial charge in [-0.25, -0.2) is 0 Å². The third kappa shape index (κ3) is 2.48. The topological polar surface area (TPSA) is 38.8 Å². The van der Waals surface area contributed by atoms with Crippen molar-refractivity contribution in [3.8, 4) is 0 Å². The summed E-state index contributed by atoms with van der Waals surface area (Å²) < 4.78 is 9.99. The van der Waals surface area contributed by atoms with Gasteiger partial charge in [0.25, 0.3) is 0 Å². The molecule has 12 heavy (non-hydrogen) atoms. The van der Waals surface area contributed by atoms with Gasteiger partial charge in [0, 0.05) is 0 Å². The molecule has 70 valence electrons. The standard InChI is InChI=1S/C9H16O3/c1-4-9(2,3)8(10)12-6-7-5-11-7/h7H,4-6H2,1-3H3. The zero-order chi connectivity index (χ0) is 9.19. The van der Waals surface area contributed by atoms with Crippen molar-refractivity contribution in [2.75, 3.05) is 13.2 Å². The van der Waals surface area contributed by atoms with Crippen LogP contribution in [0.5, 0.6) is 0 Å². The van der Waals surface area contributed by atoms with Crippen LogP contribution < -0.4 is 0 Å². The molecule has 0 radical (unpaired) electrons. The second-order valence-electron chi connectivity index (χ2n) is 3.79. The van der Waals surface area contributed by atoms with Crippen LogP contribution in [0.4, 0.5) is 0 Å². The van der Waals surface area contributed by atoms with Crippen LogP contribution in [0.1, 0.15) is 27.2 Å². The Bertz CT molecular complexity index is 171. The van der Waals surface area contributed by atoms with Crippen LogP contribution >= 0.6 is 0 Å². The molecule has 0 bridgehead atoms. The van der Waals surface area contributed by atoms with E-state index in [0.29, 0.717) is 6.61 Å². The number of carbonyl (C=O) groups excluding carboxylic acids is 1. The van der Waals surface area contributed by atoms with Gasteiger partial charge in [-0.15, -0.1) is 0 Å². The average molecular weight is 172 g/mol. The van der Waals surface area contributed by atoms with E-state index in [1.807, 2.05) is 20.8 Å². The SMILES string of the molecule is CCC(C)(C)C(=O)OCC1CO1. The van der Waals surface area contributed by atoms with E-state index in [4.69, 9.17) is 9.47 Å². The molecule has 0 spiro atoms. The van der Waals surface area contributed by atoms with E-state index in [0.717, 1.165) is 13.0 Å². The van der Waals surface area contributed by atoms with Crippen molar-refractivity contribution in [3.05, 3.63) is 0 Å². The highest BCUT2D eigenvalue weighted by atomic mass is 16.6. The van der Waals surface area contributed by atoms with Gasteiger partial charge in [-0.3, -0.25) is 4.79 Å². The van der Waals surface area contributed by atoms with Crippen LogP contribution in [0.15, 0.2) is 0 Å². The number of ether oxygens (including phenoxy) is 2. The van der Waals surface area contributed by atoms with Gasteiger partial charge in [0.1, 0.15) is 12.7 Å². The van der Waals surface area contributed by atoms with Crippen molar-refractivity contribution >= 4 is 5.97 Å². The summed E-state index contributed by atoms with van der Waals surface area (Å²) in [5.74, 6) is -0.125. The molecule has 0 amide bonds. The summed E-state index contributed by atoms with van der Waals surface area (Å²) in [7, 11) is 0. The number of rotatable bonds is 4. The smallest absolute Gasteiger partial charge is 0.311 e. The fourth-order valence-electron chi connectivity index (χ4n) is 0.673. The first-order valence-electron chi connectivity index (χ1n) is 4.35. The lowest BCUT2D eigenvalue weighted by Crippen LogP contribution is -2.27. The van der Waals surface area contributed by atoms with Gasteiger partial charge in [0.15, 0.2) is 0 Å². The van der Waals surface area contributed by atoms with Gasteiger partial charge in [0.2, 0.25) is 0 Å². The molecule has 1 heterocycles. The van der Waals surface area contributed by atoms with Crippen LogP contribution in [0.25, 0.3) is 0 Å². The van der Waals surface area contributed by atoms with E-state index < -0.39 is 0 Å². The molecule has 0 aromatic carbocycles. The molecule has 1 fully saturated rings. The van der Waals surface area contributed by atoms with Crippen molar-refractivity contribution in [2.24, 2.45) is 5.41 Å². The Balaban J connectivity index is 2.25. The lowest BCUT2D eigenvalue weighted by molar-refractivity contribution is -0.154. The third-order valence-electron chi connectivity index (χ3n) is 2.24. The minimum absolute atomic E-state index is 0.125. The van der Waals surface area contributed by atoms with Crippen molar-refractivity contribution in [1.82, 2.24) is 0 Å². The largest absolute Gasteiger partial charge is 0.462 e. The number of hydrogen-bond acceptors (Lipinski definition) is 3. The number of hydrogen-bond donors (Lipinski definition) is 0. The predicted octanol–water partition coefficient (Wildman–Crippen LogP) is 1.36. The van der Waals surface area contributed by atoms with E-state index in [1.54, 1.807) is 0 Å². The maximum absolute atomic E-state index is 11.4. The molecule has 0 N–H and O–H groups in total. The summed E-state index contributed by atoms with van der Waals surface area (Å²) in [5.41, 5.74) is -0.352. The maximum Gasteiger partial charge on any atom is 0.311 e. The molecule has 0 aromatic heterocycles. The molecule has 1 unspecified atom stereocenters. The van der Waals surface area contributed by atoms with E-state index >= 15 is 0 Å². The maximum atomic E-state index is 11.4. The molecule has 1 aliphatic heterocycles. The number of esters is 1. The van der Waals surface area contributed by atoms with Crippen LogP contribution in [-0.4, -0.2) is 25.3 Å². The average Bonchev–Trinajstić information content (AvgIpc) is 2.83. The minimum Gasteiger partial charge on any atom is -0.462 e. The van der Waals surface area contributed by atoms with Crippen molar-refractivity contribution in [1.29, 1.82) is 0 Å². The summed E-state index contributed by atoms with van der Waals surface area (Å²) in [5, 5.41) is 0. The highest BCUT2D eigenvalue weighted by molar-refractivity contribution is 5.75. The molecular weight excluding hydrogens is 156 g/mol. The summed E-state index contributed by atoms with van der Waals surface area (Å²) in [4.78, 5) is 11.4. The van der Waals surface area contributed by atoms with Gasteiger partial charge >= 0.3 is 5.97 Å². The van der Waals surface area contributed by atoms with Crippen LogP contribution in [0.3, 0.4) is 0 Å². The Kier molecular flexibility index (Phi) is 2.73. The van der Waals surface area contributed by atoms with Gasteiger partial charge in [-0.05, 0) is 20.3 Å². The number of carbonyl (C=O) groups is 1. The summed E-state index contributed by atoms with van der Waals surface area (Å²) in [6, 6.07) is 0. The van der Waals surface area contributed by atoms with Gasteiger partial charge < -0.3 is 9.47 Å². The Hall–Kier alpha value is -0.570. The Labute approximate surface area is 73.0 Å². The Morgan fingerprint density at radius 1 is 1.67 bits per heavy atom. The lowest BCUT2D eigenvalue weighted by atomic mass is 9.91. The summed E-state index contributed by atoms with van der Waals surface area (Å²) in [6.45, 7) is 6.92. The van der Waals surface area contributed by atoms with E-state index in [1.165, 1.54) is 0 Å². The van der Waals surface area contributed by atoms with Gasteiger partial charge in [-0.2, -0.15) is 0 Å². The molecule has 1 atom stereocenters. The van der Waals surface area contributed by atoms with Gasteiger partial charge in [-0.1, -0.05) is 6.92 Å². The highest BCUT2D eigenvalue weighted by Crippen LogP contribution is 2.22. The summed E-state index contributed by atoms with van der Waals surface area (Å²) >= 11 is 0. The molecule has 3 heteroatoms. The van der Waals surface area contributed by atoms with E-state index in [9.17, 15) is 4.79 Å².